The van der Waals surface area contributed by atoms with Crippen molar-refractivity contribution in [1.29, 1.82) is 0 Å². The summed E-state index contributed by atoms with van der Waals surface area (Å²) in [5.41, 5.74) is 2.37. The second-order valence-corrected chi connectivity index (χ2v) is 7.39. The Hall–Kier alpha value is -1.88. The van der Waals surface area contributed by atoms with Crippen molar-refractivity contribution in [2.75, 3.05) is 24.2 Å². The van der Waals surface area contributed by atoms with Crippen molar-refractivity contribution < 1.29 is 8.42 Å². The second kappa shape index (κ2) is 5.48. The molecule has 0 N–H and O–H groups in total. The zero-order chi connectivity index (χ0) is 14.9. The quantitative estimate of drug-likeness (QED) is 0.852. The summed E-state index contributed by atoms with van der Waals surface area (Å²) in [7, 11) is -3.14. The van der Waals surface area contributed by atoms with Gasteiger partial charge in [-0.05, 0) is 48.2 Å². The summed E-state index contributed by atoms with van der Waals surface area (Å²) in [4.78, 5) is 7.05. The molecule has 4 nitrogen and oxygen atoms in total. The number of nitrogens with zero attached hydrogens (tertiary/aromatic N) is 2. The van der Waals surface area contributed by atoms with Gasteiger partial charge in [-0.25, -0.2) is 13.4 Å². The van der Waals surface area contributed by atoms with Crippen LogP contribution in [0.15, 0.2) is 47.5 Å². The van der Waals surface area contributed by atoms with Gasteiger partial charge in [0.25, 0.3) is 0 Å². The molecule has 0 spiro atoms. The number of rotatable bonds is 2. The summed E-state index contributed by atoms with van der Waals surface area (Å²) in [6.07, 6.45) is 4.81. The van der Waals surface area contributed by atoms with Crippen molar-refractivity contribution in [3.8, 4) is 0 Å². The van der Waals surface area contributed by atoms with Crippen LogP contribution in [0.1, 0.15) is 11.1 Å². The summed E-state index contributed by atoms with van der Waals surface area (Å²) in [6.45, 7) is 1.76. The Morgan fingerprint density at radius 3 is 2.48 bits per heavy atom. The minimum atomic E-state index is -3.14. The van der Waals surface area contributed by atoms with Crippen molar-refractivity contribution in [3.63, 3.8) is 0 Å². The number of pyridine rings is 1. The molecule has 0 atom stereocenters. The molecule has 110 valence electrons. The van der Waals surface area contributed by atoms with Crippen LogP contribution in [-0.2, 0) is 22.7 Å². The number of anilines is 1. The van der Waals surface area contributed by atoms with Crippen molar-refractivity contribution >= 4 is 15.7 Å². The van der Waals surface area contributed by atoms with E-state index in [1.165, 1.54) is 11.8 Å². The van der Waals surface area contributed by atoms with E-state index in [-0.39, 0.29) is 0 Å². The van der Waals surface area contributed by atoms with Crippen molar-refractivity contribution in [2.24, 2.45) is 0 Å². The highest BCUT2D eigenvalue weighted by Crippen LogP contribution is 2.22. The normalized spacial score (nSPS) is 15.4. The number of sulfone groups is 1. The molecule has 2 heterocycles. The Kier molecular flexibility index (Phi) is 3.68. The van der Waals surface area contributed by atoms with E-state index in [1.54, 1.807) is 12.3 Å². The SMILES string of the molecule is CS(=O)(=O)c1ccc2c(c1)CCN(c1ccccn1)CC2. The third kappa shape index (κ3) is 3.08. The van der Waals surface area contributed by atoms with Crippen molar-refractivity contribution in [1.82, 2.24) is 4.98 Å². The first-order chi connectivity index (χ1) is 10.0. The summed E-state index contributed by atoms with van der Waals surface area (Å²) >= 11 is 0. The standard InChI is InChI=1S/C16H18N2O2S/c1-21(19,20)15-6-5-13-7-10-18(11-8-14(13)12-15)16-4-2-3-9-17-16/h2-6,9,12H,7-8,10-11H2,1H3. The highest BCUT2D eigenvalue weighted by Gasteiger charge is 2.17. The molecule has 2 aromatic rings. The topological polar surface area (TPSA) is 50.3 Å². The Morgan fingerprint density at radius 1 is 1.05 bits per heavy atom. The summed E-state index contributed by atoms with van der Waals surface area (Å²) in [5, 5.41) is 0. The maximum Gasteiger partial charge on any atom is 0.175 e. The van der Waals surface area contributed by atoms with Gasteiger partial charge in [-0.1, -0.05) is 12.1 Å². The molecule has 0 saturated heterocycles. The van der Waals surface area contributed by atoms with E-state index in [9.17, 15) is 8.42 Å². The highest BCUT2D eigenvalue weighted by atomic mass is 32.2. The van der Waals surface area contributed by atoms with Crippen molar-refractivity contribution in [3.05, 3.63) is 53.7 Å². The monoisotopic (exact) mass is 302 g/mol. The van der Waals surface area contributed by atoms with E-state index in [0.717, 1.165) is 37.3 Å². The number of hydrogen-bond donors (Lipinski definition) is 0. The molecule has 1 aromatic carbocycles. The van der Waals surface area contributed by atoms with Gasteiger partial charge in [-0.15, -0.1) is 0 Å². The fourth-order valence-electron chi connectivity index (χ4n) is 2.70. The zero-order valence-electron chi connectivity index (χ0n) is 12.0. The Bertz CT molecular complexity index is 742. The van der Waals surface area contributed by atoms with Crippen LogP contribution in [-0.4, -0.2) is 32.7 Å². The first-order valence-corrected chi connectivity index (χ1v) is 8.91. The third-order valence-electron chi connectivity index (χ3n) is 3.88. The van der Waals surface area contributed by atoms with Crippen LogP contribution in [0.5, 0.6) is 0 Å². The highest BCUT2D eigenvalue weighted by molar-refractivity contribution is 7.90. The average Bonchev–Trinajstić information content (AvgIpc) is 2.69. The van der Waals surface area contributed by atoms with Gasteiger partial charge in [-0.3, -0.25) is 0 Å². The molecular formula is C16H18N2O2S. The molecule has 0 bridgehead atoms. The third-order valence-corrected chi connectivity index (χ3v) is 4.99. The lowest BCUT2D eigenvalue weighted by Crippen LogP contribution is -2.26. The number of hydrogen-bond acceptors (Lipinski definition) is 4. The lowest BCUT2D eigenvalue weighted by atomic mass is 10.0. The van der Waals surface area contributed by atoms with Gasteiger partial charge < -0.3 is 4.90 Å². The van der Waals surface area contributed by atoms with Crippen LogP contribution in [0.4, 0.5) is 5.82 Å². The Morgan fingerprint density at radius 2 is 1.81 bits per heavy atom. The fraction of sp³-hybridized carbons (Fsp3) is 0.312. The van der Waals surface area contributed by atoms with Crippen LogP contribution in [0, 0.1) is 0 Å². The first kappa shape index (κ1) is 14.1. The molecule has 0 unspecified atom stereocenters. The Labute approximate surface area is 125 Å². The largest absolute Gasteiger partial charge is 0.356 e. The molecule has 1 aliphatic rings. The van der Waals surface area contributed by atoms with Crippen LogP contribution < -0.4 is 4.90 Å². The van der Waals surface area contributed by atoms with E-state index in [1.807, 2.05) is 30.3 Å². The van der Waals surface area contributed by atoms with E-state index >= 15 is 0 Å². The first-order valence-electron chi connectivity index (χ1n) is 7.02. The minimum Gasteiger partial charge on any atom is -0.356 e. The van der Waals surface area contributed by atoms with Gasteiger partial charge in [0.2, 0.25) is 0 Å². The van der Waals surface area contributed by atoms with Gasteiger partial charge in [0.15, 0.2) is 9.84 Å². The summed E-state index contributed by atoms with van der Waals surface area (Å²) < 4.78 is 23.3. The summed E-state index contributed by atoms with van der Waals surface area (Å²) in [6, 6.07) is 11.4. The fourth-order valence-corrected chi connectivity index (χ4v) is 3.37. The zero-order valence-corrected chi connectivity index (χ0v) is 12.8. The molecule has 0 radical (unpaired) electrons. The summed E-state index contributed by atoms with van der Waals surface area (Å²) in [5.74, 6) is 0.980. The van der Waals surface area contributed by atoms with E-state index in [2.05, 4.69) is 9.88 Å². The molecular weight excluding hydrogens is 284 g/mol. The lowest BCUT2D eigenvalue weighted by Gasteiger charge is -2.20. The van der Waals surface area contributed by atoms with Gasteiger partial charge in [0, 0.05) is 25.5 Å². The molecule has 0 aliphatic carbocycles. The molecule has 0 amide bonds. The molecule has 1 aromatic heterocycles. The smallest absolute Gasteiger partial charge is 0.175 e. The van der Waals surface area contributed by atoms with Crippen LogP contribution in [0.2, 0.25) is 0 Å². The van der Waals surface area contributed by atoms with Gasteiger partial charge >= 0.3 is 0 Å². The maximum atomic E-state index is 11.7. The van der Waals surface area contributed by atoms with E-state index in [4.69, 9.17) is 0 Å². The van der Waals surface area contributed by atoms with E-state index in [0.29, 0.717) is 4.90 Å². The predicted octanol–water partition coefficient (Wildman–Crippen LogP) is 2.09. The number of fused-ring (bicyclic) bond motifs is 1. The second-order valence-electron chi connectivity index (χ2n) is 5.38. The molecule has 1 aliphatic heterocycles. The molecule has 5 heteroatoms. The maximum absolute atomic E-state index is 11.7. The molecule has 21 heavy (non-hydrogen) atoms. The van der Waals surface area contributed by atoms with Crippen LogP contribution in [0.25, 0.3) is 0 Å². The van der Waals surface area contributed by atoms with Gasteiger partial charge in [0.1, 0.15) is 5.82 Å². The van der Waals surface area contributed by atoms with Crippen LogP contribution >= 0.6 is 0 Å². The number of benzene rings is 1. The van der Waals surface area contributed by atoms with Crippen molar-refractivity contribution in [2.45, 2.75) is 17.7 Å². The minimum absolute atomic E-state index is 0.410. The molecule has 0 fully saturated rings. The molecule has 3 rings (SSSR count). The average molecular weight is 302 g/mol. The van der Waals surface area contributed by atoms with Gasteiger partial charge in [0.05, 0.1) is 4.90 Å². The van der Waals surface area contributed by atoms with Crippen LogP contribution in [0.3, 0.4) is 0 Å². The molecule has 0 saturated carbocycles. The van der Waals surface area contributed by atoms with Gasteiger partial charge in [-0.2, -0.15) is 0 Å². The lowest BCUT2D eigenvalue weighted by molar-refractivity contribution is 0.601. The number of aromatic nitrogens is 1. The Balaban J connectivity index is 1.86. The van der Waals surface area contributed by atoms with E-state index < -0.39 is 9.84 Å². The predicted molar refractivity (Wildman–Crippen MR) is 83.4 cm³/mol.